The summed E-state index contributed by atoms with van der Waals surface area (Å²) in [7, 11) is 0. The molecule has 14 heavy (non-hydrogen) atoms. The summed E-state index contributed by atoms with van der Waals surface area (Å²) in [6.45, 7) is 6.24. The lowest BCUT2D eigenvalue weighted by atomic mass is 9.73. The van der Waals surface area contributed by atoms with Crippen LogP contribution in [0.3, 0.4) is 0 Å². The largest absolute Gasteiger partial charge is 0.295 e. The molecule has 0 heterocycles. The molecule has 0 aromatic heterocycles. The minimum absolute atomic E-state index is 0.209. The molecule has 78 valence electrons. The fraction of sp³-hybridized carbons (Fsp3) is 0.615. The molecule has 0 fully saturated rings. The fourth-order valence-corrected chi connectivity index (χ4v) is 2.31. The van der Waals surface area contributed by atoms with E-state index >= 15 is 0 Å². The molecule has 0 aliphatic heterocycles. The molecule has 0 bridgehead atoms. The van der Waals surface area contributed by atoms with E-state index in [4.69, 9.17) is 0 Å². The molecular weight excluding hydrogens is 172 g/mol. The Balaban J connectivity index is 2.81. The number of carbonyl (C=O) groups excluding carboxylic acids is 1. The van der Waals surface area contributed by atoms with Gasteiger partial charge in [-0.25, -0.2) is 0 Å². The molecule has 1 aliphatic rings. The zero-order valence-electron chi connectivity index (χ0n) is 9.36. The van der Waals surface area contributed by atoms with Gasteiger partial charge in [-0.05, 0) is 37.7 Å². The molecule has 1 rings (SSSR count). The van der Waals surface area contributed by atoms with E-state index in [0.29, 0.717) is 17.6 Å². The molecule has 0 saturated carbocycles. The average molecular weight is 192 g/mol. The van der Waals surface area contributed by atoms with E-state index < -0.39 is 0 Å². The van der Waals surface area contributed by atoms with Crippen molar-refractivity contribution >= 4 is 5.78 Å². The van der Waals surface area contributed by atoms with Gasteiger partial charge in [0.15, 0.2) is 5.78 Å². The van der Waals surface area contributed by atoms with E-state index in [1.807, 2.05) is 13.0 Å². The Morgan fingerprint density at radius 3 is 2.86 bits per heavy atom. The van der Waals surface area contributed by atoms with Crippen LogP contribution in [-0.4, -0.2) is 5.78 Å². The van der Waals surface area contributed by atoms with Crippen molar-refractivity contribution in [3.05, 3.63) is 24.3 Å². The molecule has 3 unspecified atom stereocenters. The van der Waals surface area contributed by atoms with Crippen LogP contribution in [0.25, 0.3) is 0 Å². The van der Waals surface area contributed by atoms with E-state index in [1.165, 1.54) is 0 Å². The minimum atomic E-state index is 0.209. The minimum Gasteiger partial charge on any atom is -0.295 e. The van der Waals surface area contributed by atoms with Gasteiger partial charge in [0.2, 0.25) is 0 Å². The maximum absolute atomic E-state index is 11.9. The lowest BCUT2D eigenvalue weighted by Crippen LogP contribution is -2.29. The first-order valence-electron chi connectivity index (χ1n) is 5.53. The van der Waals surface area contributed by atoms with Gasteiger partial charge in [-0.15, -0.1) is 0 Å². The van der Waals surface area contributed by atoms with Crippen molar-refractivity contribution in [3.63, 3.8) is 0 Å². The second-order valence-corrected chi connectivity index (χ2v) is 4.14. The Morgan fingerprint density at radius 1 is 1.57 bits per heavy atom. The Hall–Kier alpha value is -0.850. The van der Waals surface area contributed by atoms with Crippen molar-refractivity contribution < 1.29 is 4.79 Å². The van der Waals surface area contributed by atoms with E-state index in [2.05, 4.69) is 26.0 Å². The molecule has 0 aromatic rings. The molecule has 0 spiro atoms. The highest BCUT2D eigenvalue weighted by Gasteiger charge is 2.30. The first-order chi connectivity index (χ1) is 6.70. The first-order valence-corrected chi connectivity index (χ1v) is 5.53. The maximum atomic E-state index is 11.9. The van der Waals surface area contributed by atoms with Gasteiger partial charge in [-0.3, -0.25) is 4.79 Å². The van der Waals surface area contributed by atoms with Crippen LogP contribution in [0.5, 0.6) is 0 Å². The summed E-state index contributed by atoms with van der Waals surface area (Å²) >= 11 is 0. The summed E-state index contributed by atoms with van der Waals surface area (Å²) in [5.41, 5.74) is 0. The number of hydrogen-bond acceptors (Lipinski definition) is 1. The van der Waals surface area contributed by atoms with E-state index in [0.717, 1.165) is 12.8 Å². The third-order valence-corrected chi connectivity index (χ3v) is 3.10. The van der Waals surface area contributed by atoms with Gasteiger partial charge in [0.25, 0.3) is 0 Å². The van der Waals surface area contributed by atoms with Gasteiger partial charge >= 0.3 is 0 Å². The second kappa shape index (κ2) is 5.14. The molecule has 1 aliphatic carbocycles. The van der Waals surface area contributed by atoms with Crippen LogP contribution >= 0.6 is 0 Å². The first kappa shape index (κ1) is 11.2. The summed E-state index contributed by atoms with van der Waals surface area (Å²) in [6.07, 6.45) is 10.1. The lowest BCUT2D eigenvalue weighted by molar-refractivity contribution is -0.121. The Kier molecular flexibility index (Phi) is 4.12. The van der Waals surface area contributed by atoms with E-state index in [9.17, 15) is 4.79 Å². The highest BCUT2D eigenvalue weighted by molar-refractivity contribution is 5.92. The van der Waals surface area contributed by atoms with Crippen molar-refractivity contribution in [2.75, 3.05) is 0 Å². The smallest absolute Gasteiger partial charge is 0.159 e. The summed E-state index contributed by atoms with van der Waals surface area (Å²) in [4.78, 5) is 11.9. The average Bonchev–Trinajstić information content (AvgIpc) is 2.17. The van der Waals surface area contributed by atoms with Crippen LogP contribution < -0.4 is 0 Å². The molecule has 1 nitrogen and oxygen atoms in total. The van der Waals surface area contributed by atoms with Crippen LogP contribution in [0, 0.1) is 17.8 Å². The Labute approximate surface area is 86.9 Å². The molecule has 0 radical (unpaired) electrons. The number of allylic oxidation sites excluding steroid dienone is 4. The summed E-state index contributed by atoms with van der Waals surface area (Å²) in [5.74, 6) is 1.45. The maximum Gasteiger partial charge on any atom is 0.159 e. The normalized spacial score (nSPS) is 32.4. The van der Waals surface area contributed by atoms with Gasteiger partial charge < -0.3 is 0 Å². The fourth-order valence-electron chi connectivity index (χ4n) is 2.31. The molecule has 0 N–H and O–H groups in total. The lowest BCUT2D eigenvalue weighted by Gasteiger charge is -2.30. The highest BCUT2D eigenvalue weighted by atomic mass is 16.1. The van der Waals surface area contributed by atoms with Gasteiger partial charge in [0.05, 0.1) is 0 Å². The van der Waals surface area contributed by atoms with Gasteiger partial charge in [-0.2, -0.15) is 0 Å². The quantitative estimate of drug-likeness (QED) is 0.495. The number of rotatable bonds is 3. The molecular formula is C13H20O. The van der Waals surface area contributed by atoms with Crippen molar-refractivity contribution in [1.29, 1.82) is 0 Å². The van der Waals surface area contributed by atoms with Crippen LogP contribution in [-0.2, 0) is 4.79 Å². The topological polar surface area (TPSA) is 17.1 Å². The van der Waals surface area contributed by atoms with Crippen LogP contribution in [0.2, 0.25) is 0 Å². The van der Waals surface area contributed by atoms with Crippen LogP contribution in [0.15, 0.2) is 24.3 Å². The Morgan fingerprint density at radius 2 is 2.29 bits per heavy atom. The standard InChI is InChI=1S/C13H20O/c1-4-7-12(14)13-10(3)8-6-9-11(13)5-2/h4,6-7,9-11,13H,5,8H2,1-3H3. The zero-order chi connectivity index (χ0) is 10.6. The third kappa shape index (κ3) is 2.34. The van der Waals surface area contributed by atoms with Crippen molar-refractivity contribution in [2.24, 2.45) is 17.8 Å². The number of carbonyl (C=O) groups is 1. The summed E-state index contributed by atoms with van der Waals surface area (Å²) < 4.78 is 0. The van der Waals surface area contributed by atoms with Crippen molar-refractivity contribution in [2.45, 2.75) is 33.6 Å². The van der Waals surface area contributed by atoms with Gasteiger partial charge in [0, 0.05) is 5.92 Å². The van der Waals surface area contributed by atoms with E-state index in [1.54, 1.807) is 6.08 Å². The predicted molar refractivity (Wildman–Crippen MR) is 60.0 cm³/mol. The number of ketones is 1. The summed E-state index contributed by atoms with van der Waals surface area (Å²) in [5, 5.41) is 0. The molecule has 0 amide bonds. The monoisotopic (exact) mass is 192 g/mol. The molecule has 3 atom stereocenters. The van der Waals surface area contributed by atoms with Crippen molar-refractivity contribution in [1.82, 2.24) is 0 Å². The number of hydrogen-bond donors (Lipinski definition) is 0. The van der Waals surface area contributed by atoms with E-state index in [-0.39, 0.29) is 5.92 Å². The molecule has 0 aromatic carbocycles. The highest BCUT2D eigenvalue weighted by Crippen LogP contribution is 2.32. The summed E-state index contributed by atoms with van der Waals surface area (Å²) in [6, 6.07) is 0. The predicted octanol–water partition coefficient (Wildman–Crippen LogP) is 3.37. The van der Waals surface area contributed by atoms with Crippen LogP contribution in [0.4, 0.5) is 0 Å². The van der Waals surface area contributed by atoms with Crippen LogP contribution in [0.1, 0.15) is 33.6 Å². The Bertz CT molecular complexity index is 250. The zero-order valence-corrected chi connectivity index (χ0v) is 9.36. The van der Waals surface area contributed by atoms with Gasteiger partial charge in [-0.1, -0.05) is 32.1 Å². The second-order valence-electron chi connectivity index (χ2n) is 4.14. The van der Waals surface area contributed by atoms with Crippen molar-refractivity contribution in [3.8, 4) is 0 Å². The third-order valence-electron chi connectivity index (χ3n) is 3.10. The molecule has 1 heteroatoms. The SMILES string of the molecule is CC=CC(=O)C1C(C)CC=CC1CC. The van der Waals surface area contributed by atoms with Gasteiger partial charge in [0.1, 0.15) is 0 Å². The molecule has 0 saturated heterocycles.